The maximum Gasteiger partial charge on any atom is 0.146 e. The largest absolute Gasteiger partial charge is 0.301 e. The Kier molecular flexibility index (Phi) is 3.17. The van der Waals surface area contributed by atoms with E-state index in [-0.39, 0.29) is 5.82 Å². The second-order valence-corrected chi connectivity index (χ2v) is 2.76. The third kappa shape index (κ3) is 2.27. The summed E-state index contributed by atoms with van der Waals surface area (Å²) < 4.78 is 13.0. The Balaban J connectivity index is 2.69. The van der Waals surface area contributed by atoms with E-state index in [0.717, 1.165) is 6.54 Å². The lowest BCUT2D eigenvalue weighted by molar-refractivity contribution is 0.334. The van der Waals surface area contributed by atoms with Crippen molar-refractivity contribution < 1.29 is 4.39 Å². The lowest BCUT2D eigenvalue weighted by Crippen LogP contribution is -2.18. The maximum atomic E-state index is 13.0. The van der Waals surface area contributed by atoms with Gasteiger partial charge in [-0.25, -0.2) is 4.39 Å². The Morgan fingerprint density at radius 1 is 1.58 bits per heavy atom. The third-order valence-electron chi connectivity index (χ3n) is 1.79. The molecule has 3 heteroatoms. The van der Waals surface area contributed by atoms with E-state index in [4.69, 9.17) is 0 Å². The van der Waals surface area contributed by atoms with Gasteiger partial charge in [-0.05, 0) is 25.7 Å². The van der Waals surface area contributed by atoms with Crippen LogP contribution in [0, 0.1) is 5.82 Å². The van der Waals surface area contributed by atoms with Gasteiger partial charge >= 0.3 is 0 Å². The smallest absolute Gasteiger partial charge is 0.146 e. The highest BCUT2D eigenvalue weighted by atomic mass is 19.1. The molecule has 0 fully saturated rings. The van der Waals surface area contributed by atoms with Crippen molar-refractivity contribution in [2.24, 2.45) is 0 Å². The molecule has 0 radical (unpaired) electrons. The maximum absolute atomic E-state index is 13.0. The summed E-state index contributed by atoms with van der Waals surface area (Å²) in [5.41, 5.74) is 0.516. The lowest BCUT2D eigenvalue weighted by Gasteiger charge is -2.12. The number of pyridine rings is 1. The van der Waals surface area contributed by atoms with Gasteiger partial charge in [-0.2, -0.15) is 0 Å². The normalized spacial score (nSPS) is 10.7. The highest BCUT2D eigenvalue weighted by Gasteiger charge is 2.03. The van der Waals surface area contributed by atoms with Crippen LogP contribution in [0.3, 0.4) is 0 Å². The van der Waals surface area contributed by atoms with Crippen molar-refractivity contribution >= 4 is 0 Å². The number of rotatable bonds is 3. The van der Waals surface area contributed by atoms with Gasteiger partial charge < -0.3 is 4.90 Å². The van der Waals surface area contributed by atoms with Crippen LogP contribution in [0.1, 0.15) is 12.6 Å². The van der Waals surface area contributed by atoms with Crippen LogP contribution in [0.4, 0.5) is 4.39 Å². The first kappa shape index (κ1) is 9.13. The summed E-state index contributed by atoms with van der Waals surface area (Å²) in [4.78, 5) is 5.95. The number of hydrogen-bond acceptors (Lipinski definition) is 2. The topological polar surface area (TPSA) is 16.1 Å². The molecule has 12 heavy (non-hydrogen) atoms. The van der Waals surface area contributed by atoms with Crippen LogP contribution in [0.25, 0.3) is 0 Å². The van der Waals surface area contributed by atoms with Gasteiger partial charge in [0, 0.05) is 12.7 Å². The summed E-state index contributed by atoms with van der Waals surface area (Å²) >= 11 is 0. The minimum atomic E-state index is -0.224. The zero-order valence-corrected chi connectivity index (χ0v) is 7.42. The van der Waals surface area contributed by atoms with Crippen molar-refractivity contribution in [1.82, 2.24) is 9.88 Å². The molecule has 0 aliphatic rings. The van der Waals surface area contributed by atoms with Gasteiger partial charge in [0.2, 0.25) is 0 Å². The highest BCUT2D eigenvalue weighted by Crippen LogP contribution is 2.04. The fourth-order valence-electron chi connectivity index (χ4n) is 0.902. The summed E-state index contributed by atoms with van der Waals surface area (Å²) in [6.45, 7) is 3.50. The molecule has 1 aromatic heterocycles. The molecule has 1 heterocycles. The van der Waals surface area contributed by atoms with E-state index in [1.807, 2.05) is 18.9 Å². The van der Waals surface area contributed by atoms with Crippen LogP contribution in [-0.4, -0.2) is 23.5 Å². The molecule has 0 N–H and O–H groups in total. The fourth-order valence-corrected chi connectivity index (χ4v) is 0.902. The van der Waals surface area contributed by atoms with Crippen molar-refractivity contribution in [1.29, 1.82) is 0 Å². The summed E-state index contributed by atoms with van der Waals surface area (Å²) in [5.74, 6) is -0.224. The quantitative estimate of drug-likeness (QED) is 0.682. The van der Waals surface area contributed by atoms with Crippen molar-refractivity contribution in [2.45, 2.75) is 13.5 Å². The number of hydrogen-bond donors (Lipinski definition) is 0. The molecule has 2 nitrogen and oxygen atoms in total. The second kappa shape index (κ2) is 4.16. The first-order chi connectivity index (χ1) is 5.74. The molecule has 0 saturated carbocycles. The molecule has 1 aromatic rings. The van der Waals surface area contributed by atoms with E-state index < -0.39 is 0 Å². The van der Waals surface area contributed by atoms with Gasteiger partial charge in [-0.1, -0.05) is 6.92 Å². The number of nitrogens with zero attached hydrogens (tertiary/aromatic N) is 2. The minimum Gasteiger partial charge on any atom is -0.301 e. The minimum absolute atomic E-state index is 0.224. The van der Waals surface area contributed by atoms with Crippen molar-refractivity contribution in [2.75, 3.05) is 13.6 Å². The van der Waals surface area contributed by atoms with E-state index >= 15 is 0 Å². The van der Waals surface area contributed by atoms with Crippen LogP contribution in [0.2, 0.25) is 0 Å². The molecular formula is C9H13FN2. The summed E-state index contributed by atoms with van der Waals surface area (Å²) in [6, 6.07) is 3.04. The van der Waals surface area contributed by atoms with Gasteiger partial charge in [0.25, 0.3) is 0 Å². The second-order valence-electron chi connectivity index (χ2n) is 2.76. The fraction of sp³-hybridized carbons (Fsp3) is 0.444. The van der Waals surface area contributed by atoms with Gasteiger partial charge in [0.05, 0.1) is 5.69 Å². The first-order valence-corrected chi connectivity index (χ1v) is 4.02. The van der Waals surface area contributed by atoms with Gasteiger partial charge in [0.15, 0.2) is 0 Å². The average Bonchev–Trinajstić information content (AvgIpc) is 2.09. The van der Waals surface area contributed by atoms with Crippen LogP contribution in [0.15, 0.2) is 18.3 Å². The number of aromatic nitrogens is 1. The molecule has 1 rings (SSSR count). The Morgan fingerprint density at radius 2 is 2.33 bits per heavy atom. The monoisotopic (exact) mass is 168 g/mol. The standard InChI is InChI=1S/C9H13FN2/c1-3-12(2)7-9-8(10)5-4-6-11-9/h4-6H,3,7H2,1-2H3. The summed E-state index contributed by atoms with van der Waals surface area (Å²) in [7, 11) is 1.94. The van der Waals surface area contributed by atoms with E-state index in [1.54, 1.807) is 12.3 Å². The number of halogens is 1. The molecule has 0 spiro atoms. The van der Waals surface area contributed by atoms with Gasteiger partial charge in [0.1, 0.15) is 5.82 Å². The van der Waals surface area contributed by atoms with Gasteiger partial charge in [-0.15, -0.1) is 0 Å². The molecular weight excluding hydrogens is 155 g/mol. The van der Waals surface area contributed by atoms with E-state index in [2.05, 4.69) is 4.98 Å². The van der Waals surface area contributed by atoms with E-state index in [9.17, 15) is 4.39 Å². The highest BCUT2D eigenvalue weighted by molar-refractivity contribution is 5.06. The molecule has 0 amide bonds. The average molecular weight is 168 g/mol. The van der Waals surface area contributed by atoms with E-state index in [1.165, 1.54) is 6.07 Å². The Bertz CT molecular complexity index is 250. The predicted octanol–water partition coefficient (Wildman–Crippen LogP) is 1.67. The Hall–Kier alpha value is -0.960. The van der Waals surface area contributed by atoms with Gasteiger partial charge in [-0.3, -0.25) is 4.98 Å². The van der Waals surface area contributed by atoms with Crippen LogP contribution in [0.5, 0.6) is 0 Å². The summed E-state index contributed by atoms with van der Waals surface area (Å²) in [6.07, 6.45) is 1.61. The van der Waals surface area contributed by atoms with E-state index in [0.29, 0.717) is 12.2 Å². The van der Waals surface area contributed by atoms with Crippen molar-refractivity contribution in [3.8, 4) is 0 Å². The molecule has 66 valence electrons. The summed E-state index contributed by atoms with van der Waals surface area (Å²) in [5, 5.41) is 0. The lowest BCUT2D eigenvalue weighted by atomic mass is 10.3. The molecule has 0 aromatic carbocycles. The molecule has 0 atom stereocenters. The van der Waals surface area contributed by atoms with Crippen molar-refractivity contribution in [3.05, 3.63) is 29.8 Å². The molecule has 0 aliphatic carbocycles. The van der Waals surface area contributed by atoms with Crippen molar-refractivity contribution in [3.63, 3.8) is 0 Å². The van der Waals surface area contributed by atoms with Crippen LogP contribution in [-0.2, 0) is 6.54 Å². The predicted molar refractivity (Wildman–Crippen MR) is 46.2 cm³/mol. The zero-order chi connectivity index (χ0) is 8.97. The Labute approximate surface area is 72.0 Å². The molecule has 0 aliphatic heterocycles. The SMILES string of the molecule is CCN(C)Cc1ncccc1F. The van der Waals surface area contributed by atoms with Crippen LogP contribution >= 0.6 is 0 Å². The Morgan fingerprint density at radius 3 is 2.92 bits per heavy atom. The molecule has 0 bridgehead atoms. The molecule has 0 unspecified atom stereocenters. The zero-order valence-electron chi connectivity index (χ0n) is 7.42. The third-order valence-corrected chi connectivity index (χ3v) is 1.79. The van der Waals surface area contributed by atoms with Crippen LogP contribution < -0.4 is 0 Å². The molecule has 0 saturated heterocycles. The first-order valence-electron chi connectivity index (χ1n) is 4.02.